The number of ether oxygens (including phenoxy) is 1. The van der Waals surface area contributed by atoms with Crippen LogP contribution in [0.3, 0.4) is 0 Å². The average Bonchev–Trinajstić information content (AvgIpc) is 2.35. The lowest BCUT2D eigenvalue weighted by Gasteiger charge is -2.06. The molecule has 0 aliphatic rings. The molecule has 0 saturated heterocycles. The van der Waals surface area contributed by atoms with E-state index >= 15 is 0 Å². The summed E-state index contributed by atoms with van der Waals surface area (Å²) in [5, 5.41) is 9.57. The van der Waals surface area contributed by atoms with Gasteiger partial charge in [0.05, 0.1) is 0 Å². The molecule has 0 radical (unpaired) electrons. The SMILES string of the molecule is Cc1ccc(OC(=O)c2cc(N)ccc2O)cc1. The van der Waals surface area contributed by atoms with Gasteiger partial charge in [-0.3, -0.25) is 0 Å². The van der Waals surface area contributed by atoms with Crippen LogP contribution in [0, 0.1) is 6.92 Å². The Balaban J connectivity index is 2.21. The first kappa shape index (κ1) is 12.0. The van der Waals surface area contributed by atoms with Gasteiger partial charge in [-0.15, -0.1) is 0 Å². The number of rotatable bonds is 2. The molecule has 0 fully saturated rings. The van der Waals surface area contributed by atoms with E-state index in [0.717, 1.165) is 5.56 Å². The van der Waals surface area contributed by atoms with Gasteiger partial charge in [0.25, 0.3) is 0 Å². The van der Waals surface area contributed by atoms with Crippen LogP contribution < -0.4 is 10.5 Å². The number of anilines is 1. The third-order valence-electron chi connectivity index (χ3n) is 2.47. The summed E-state index contributed by atoms with van der Waals surface area (Å²) in [6, 6.07) is 11.3. The molecule has 4 heteroatoms. The normalized spacial score (nSPS) is 10.1. The van der Waals surface area contributed by atoms with Crippen LogP contribution in [0.15, 0.2) is 42.5 Å². The number of hydrogen-bond acceptors (Lipinski definition) is 4. The minimum atomic E-state index is -0.636. The predicted molar refractivity (Wildman–Crippen MR) is 68.7 cm³/mol. The van der Waals surface area contributed by atoms with E-state index in [9.17, 15) is 9.90 Å². The molecule has 2 aromatic rings. The Morgan fingerprint density at radius 2 is 1.83 bits per heavy atom. The fourth-order valence-electron chi connectivity index (χ4n) is 1.49. The third kappa shape index (κ3) is 2.60. The molecule has 0 spiro atoms. The van der Waals surface area contributed by atoms with Crippen LogP contribution in [0.2, 0.25) is 0 Å². The van der Waals surface area contributed by atoms with E-state index in [2.05, 4.69) is 0 Å². The second-order valence-corrected chi connectivity index (χ2v) is 3.98. The summed E-state index contributed by atoms with van der Waals surface area (Å²) < 4.78 is 5.14. The zero-order chi connectivity index (χ0) is 13.1. The Morgan fingerprint density at radius 1 is 1.17 bits per heavy atom. The lowest BCUT2D eigenvalue weighted by Crippen LogP contribution is -2.09. The van der Waals surface area contributed by atoms with E-state index in [4.69, 9.17) is 10.5 Å². The first-order chi connectivity index (χ1) is 8.56. The van der Waals surface area contributed by atoms with Crippen molar-refractivity contribution in [2.24, 2.45) is 0 Å². The van der Waals surface area contributed by atoms with Crippen molar-refractivity contribution in [1.82, 2.24) is 0 Å². The fraction of sp³-hybridized carbons (Fsp3) is 0.0714. The number of nitrogen functional groups attached to an aromatic ring is 1. The molecule has 92 valence electrons. The monoisotopic (exact) mass is 243 g/mol. The standard InChI is InChI=1S/C14H13NO3/c1-9-2-5-11(6-3-9)18-14(17)12-8-10(15)4-7-13(12)16/h2-8,16H,15H2,1H3. The van der Waals surface area contributed by atoms with Crippen molar-refractivity contribution in [3.63, 3.8) is 0 Å². The molecule has 0 amide bonds. The minimum Gasteiger partial charge on any atom is -0.507 e. The summed E-state index contributed by atoms with van der Waals surface area (Å²) in [6.07, 6.45) is 0. The van der Waals surface area contributed by atoms with Crippen LogP contribution in [0.1, 0.15) is 15.9 Å². The maximum Gasteiger partial charge on any atom is 0.347 e. The zero-order valence-electron chi connectivity index (χ0n) is 9.88. The van der Waals surface area contributed by atoms with Crippen molar-refractivity contribution in [2.45, 2.75) is 6.92 Å². The molecular weight excluding hydrogens is 230 g/mol. The van der Waals surface area contributed by atoms with Gasteiger partial charge in [-0.2, -0.15) is 0 Å². The Bertz CT molecular complexity index is 576. The number of hydrogen-bond donors (Lipinski definition) is 2. The number of phenols is 1. The highest BCUT2D eigenvalue weighted by molar-refractivity contribution is 5.94. The van der Waals surface area contributed by atoms with Crippen LogP contribution in [0.5, 0.6) is 11.5 Å². The minimum absolute atomic E-state index is 0.0515. The number of phenolic OH excluding ortho intramolecular Hbond substituents is 1. The lowest BCUT2D eigenvalue weighted by atomic mass is 10.2. The second kappa shape index (κ2) is 4.79. The van der Waals surface area contributed by atoms with Gasteiger partial charge < -0.3 is 15.6 Å². The summed E-state index contributed by atoms with van der Waals surface area (Å²) in [5.41, 5.74) is 7.07. The smallest absolute Gasteiger partial charge is 0.347 e. The topological polar surface area (TPSA) is 72.5 Å². The van der Waals surface area contributed by atoms with Gasteiger partial charge in [0.1, 0.15) is 17.1 Å². The summed E-state index contributed by atoms with van der Waals surface area (Å²) >= 11 is 0. The Morgan fingerprint density at radius 3 is 2.50 bits per heavy atom. The van der Waals surface area contributed by atoms with Crippen molar-refractivity contribution < 1.29 is 14.6 Å². The molecule has 0 aromatic heterocycles. The summed E-state index contributed by atoms with van der Waals surface area (Å²) in [7, 11) is 0. The highest BCUT2D eigenvalue weighted by atomic mass is 16.5. The Kier molecular flexibility index (Phi) is 3.19. The molecule has 18 heavy (non-hydrogen) atoms. The van der Waals surface area contributed by atoms with Gasteiger partial charge in [0.2, 0.25) is 0 Å². The van der Waals surface area contributed by atoms with Crippen molar-refractivity contribution >= 4 is 11.7 Å². The van der Waals surface area contributed by atoms with Crippen LogP contribution in [-0.2, 0) is 0 Å². The maximum absolute atomic E-state index is 11.8. The molecule has 3 N–H and O–H groups in total. The first-order valence-electron chi connectivity index (χ1n) is 5.43. The van der Waals surface area contributed by atoms with Gasteiger partial charge in [0.15, 0.2) is 0 Å². The quantitative estimate of drug-likeness (QED) is 0.368. The largest absolute Gasteiger partial charge is 0.507 e. The highest BCUT2D eigenvalue weighted by Gasteiger charge is 2.13. The highest BCUT2D eigenvalue weighted by Crippen LogP contribution is 2.22. The van der Waals surface area contributed by atoms with Gasteiger partial charge >= 0.3 is 5.97 Å². The van der Waals surface area contributed by atoms with E-state index in [1.54, 1.807) is 12.1 Å². The molecule has 0 unspecified atom stereocenters. The molecule has 4 nitrogen and oxygen atoms in total. The van der Waals surface area contributed by atoms with Crippen LogP contribution in [-0.4, -0.2) is 11.1 Å². The number of carbonyl (C=O) groups is 1. The molecule has 0 bridgehead atoms. The summed E-state index contributed by atoms with van der Waals surface area (Å²) in [4.78, 5) is 11.8. The van der Waals surface area contributed by atoms with Crippen molar-refractivity contribution in [1.29, 1.82) is 0 Å². The number of aromatic hydroxyl groups is 1. The summed E-state index contributed by atoms with van der Waals surface area (Å²) in [5.74, 6) is -0.364. The molecule has 0 saturated carbocycles. The van der Waals surface area contributed by atoms with Gasteiger partial charge in [-0.25, -0.2) is 4.79 Å². The molecule has 0 atom stereocenters. The maximum atomic E-state index is 11.8. The molecule has 2 aromatic carbocycles. The van der Waals surface area contributed by atoms with Crippen LogP contribution >= 0.6 is 0 Å². The number of esters is 1. The van der Waals surface area contributed by atoms with E-state index in [-0.39, 0.29) is 11.3 Å². The van der Waals surface area contributed by atoms with E-state index < -0.39 is 5.97 Å². The number of nitrogens with two attached hydrogens (primary N) is 1. The zero-order valence-corrected chi connectivity index (χ0v) is 9.88. The third-order valence-corrected chi connectivity index (χ3v) is 2.47. The van der Waals surface area contributed by atoms with Gasteiger partial charge in [-0.1, -0.05) is 17.7 Å². The van der Waals surface area contributed by atoms with Crippen molar-refractivity contribution in [2.75, 3.05) is 5.73 Å². The van der Waals surface area contributed by atoms with Gasteiger partial charge in [-0.05, 0) is 37.3 Å². The number of aryl methyl sites for hydroxylation is 1. The van der Waals surface area contributed by atoms with E-state index in [1.807, 2.05) is 19.1 Å². The van der Waals surface area contributed by atoms with Crippen LogP contribution in [0.25, 0.3) is 0 Å². The average molecular weight is 243 g/mol. The number of carbonyl (C=O) groups excluding carboxylic acids is 1. The number of benzene rings is 2. The lowest BCUT2D eigenvalue weighted by molar-refractivity contribution is 0.0731. The van der Waals surface area contributed by atoms with E-state index in [1.165, 1.54) is 18.2 Å². The second-order valence-electron chi connectivity index (χ2n) is 3.98. The van der Waals surface area contributed by atoms with Crippen molar-refractivity contribution in [3.8, 4) is 11.5 Å². The molecule has 0 aliphatic heterocycles. The Labute approximate surface area is 105 Å². The molecule has 0 heterocycles. The molecule has 2 rings (SSSR count). The first-order valence-corrected chi connectivity index (χ1v) is 5.43. The predicted octanol–water partition coefficient (Wildman–Crippen LogP) is 2.50. The van der Waals surface area contributed by atoms with Crippen LogP contribution in [0.4, 0.5) is 5.69 Å². The van der Waals surface area contributed by atoms with E-state index in [0.29, 0.717) is 11.4 Å². The van der Waals surface area contributed by atoms with Crippen molar-refractivity contribution in [3.05, 3.63) is 53.6 Å². The molecular formula is C14H13NO3. The van der Waals surface area contributed by atoms with Gasteiger partial charge in [0, 0.05) is 5.69 Å². The Hall–Kier alpha value is -2.49. The summed E-state index contributed by atoms with van der Waals surface area (Å²) in [6.45, 7) is 1.94. The molecule has 0 aliphatic carbocycles. The fourth-order valence-corrected chi connectivity index (χ4v) is 1.49.